The molecule has 0 unspecified atom stereocenters. The molecule has 3 aromatic rings. The Kier molecular flexibility index (Phi) is 4.99. The molecule has 0 saturated heterocycles. The number of carbonyl (C=O) groups excluding carboxylic acids is 1. The van der Waals surface area contributed by atoms with E-state index in [1.54, 1.807) is 25.4 Å². The lowest BCUT2D eigenvalue weighted by Gasteiger charge is -2.11. The van der Waals surface area contributed by atoms with Crippen LogP contribution in [-0.4, -0.2) is 20.7 Å². The molecule has 0 aliphatic carbocycles. The first-order valence-electron chi connectivity index (χ1n) is 7.96. The maximum Gasteiger partial charge on any atom is 0.273 e. The summed E-state index contributed by atoms with van der Waals surface area (Å²) in [6.07, 6.45) is 1.56. The number of nitrogens with zero attached hydrogens (tertiary/aromatic N) is 4. The average molecular weight is 365 g/mol. The van der Waals surface area contributed by atoms with E-state index in [4.69, 9.17) is 11.0 Å². The van der Waals surface area contributed by atoms with Crippen molar-refractivity contribution < 1.29 is 9.18 Å². The van der Waals surface area contributed by atoms with Crippen LogP contribution in [0.5, 0.6) is 0 Å². The van der Waals surface area contributed by atoms with E-state index in [-0.39, 0.29) is 17.9 Å². The fourth-order valence-electron chi connectivity index (χ4n) is 2.47. The molecule has 0 radical (unpaired) electrons. The molecule has 9 heteroatoms. The summed E-state index contributed by atoms with van der Waals surface area (Å²) in [5.41, 5.74) is 7.46. The highest BCUT2D eigenvalue weighted by Gasteiger charge is 2.14. The molecule has 1 amide bonds. The number of rotatable bonds is 5. The van der Waals surface area contributed by atoms with Gasteiger partial charge in [-0.3, -0.25) is 9.48 Å². The lowest BCUT2D eigenvalue weighted by Crippen LogP contribution is -2.16. The maximum absolute atomic E-state index is 14.1. The van der Waals surface area contributed by atoms with E-state index in [0.717, 1.165) is 0 Å². The van der Waals surface area contributed by atoms with Crippen LogP contribution in [0.3, 0.4) is 0 Å². The molecule has 0 atom stereocenters. The van der Waals surface area contributed by atoms with Crippen molar-refractivity contribution in [2.75, 3.05) is 16.4 Å². The summed E-state index contributed by atoms with van der Waals surface area (Å²) in [4.78, 5) is 16.3. The van der Waals surface area contributed by atoms with Crippen LogP contribution in [0.4, 0.5) is 21.6 Å². The number of nitriles is 1. The maximum atomic E-state index is 14.1. The summed E-state index contributed by atoms with van der Waals surface area (Å²) >= 11 is 0. The standard InChI is InChI=1S/C18H16FN7O/c1-26-16(8-13(9-20)25-26)18(27)24-12-4-5-14(19)11(7-12)10-23-15-3-2-6-22-17(15)21/h2-8,23H,10H2,1H3,(H2,21,22)(H,24,27). The molecule has 2 heterocycles. The Morgan fingerprint density at radius 1 is 1.37 bits per heavy atom. The van der Waals surface area contributed by atoms with Crippen molar-refractivity contribution in [2.24, 2.45) is 7.05 Å². The largest absolute Gasteiger partial charge is 0.382 e. The van der Waals surface area contributed by atoms with Crippen LogP contribution in [-0.2, 0) is 13.6 Å². The molecule has 0 bridgehead atoms. The first-order valence-corrected chi connectivity index (χ1v) is 7.96. The summed E-state index contributed by atoms with van der Waals surface area (Å²) in [7, 11) is 1.56. The fourth-order valence-corrected chi connectivity index (χ4v) is 2.47. The van der Waals surface area contributed by atoms with E-state index in [0.29, 0.717) is 22.8 Å². The minimum atomic E-state index is -0.450. The summed E-state index contributed by atoms with van der Waals surface area (Å²) in [6, 6.07) is 11.0. The molecular formula is C18H16FN7O. The molecule has 2 aromatic heterocycles. The van der Waals surface area contributed by atoms with Gasteiger partial charge in [0.05, 0.1) is 5.69 Å². The predicted octanol–water partition coefficient (Wildman–Crippen LogP) is 2.27. The van der Waals surface area contributed by atoms with Crippen molar-refractivity contribution in [3.05, 3.63) is 65.4 Å². The number of aryl methyl sites for hydroxylation is 1. The fraction of sp³-hybridized carbons (Fsp3) is 0.111. The summed E-state index contributed by atoms with van der Waals surface area (Å²) < 4.78 is 15.4. The van der Waals surface area contributed by atoms with E-state index in [2.05, 4.69) is 20.7 Å². The number of anilines is 3. The van der Waals surface area contributed by atoms with Crippen LogP contribution >= 0.6 is 0 Å². The van der Waals surface area contributed by atoms with Crippen molar-refractivity contribution >= 4 is 23.1 Å². The third kappa shape index (κ3) is 4.01. The zero-order valence-corrected chi connectivity index (χ0v) is 14.4. The molecule has 4 N–H and O–H groups in total. The van der Waals surface area contributed by atoms with Crippen LogP contribution in [0.25, 0.3) is 0 Å². The van der Waals surface area contributed by atoms with Gasteiger partial charge in [0.25, 0.3) is 5.91 Å². The monoisotopic (exact) mass is 365 g/mol. The van der Waals surface area contributed by atoms with Crippen molar-refractivity contribution in [1.82, 2.24) is 14.8 Å². The Morgan fingerprint density at radius 3 is 2.89 bits per heavy atom. The number of hydrogen-bond donors (Lipinski definition) is 3. The lowest BCUT2D eigenvalue weighted by atomic mass is 10.1. The lowest BCUT2D eigenvalue weighted by molar-refractivity contribution is 0.101. The van der Waals surface area contributed by atoms with Gasteiger partial charge in [0.2, 0.25) is 0 Å². The highest BCUT2D eigenvalue weighted by atomic mass is 19.1. The van der Waals surface area contributed by atoms with Crippen LogP contribution in [0.2, 0.25) is 0 Å². The summed E-state index contributed by atoms with van der Waals surface area (Å²) in [6.45, 7) is 0.162. The first kappa shape index (κ1) is 17.9. The molecule has 0 aliphatic heterocycles. The third-order valence-corrected chi connectivity index (χ3v) is 3.84. The Balaban J connectivity index is 1.75. The molecule has 0 spiro atoms. The van der Waals surface area contributed by atoms with E-state index >= 15 is 0 Å². The second-order valence-corrected chi connectivity index (χ2v) is 5.70. The van der Waals surface area contributed by atoms with Gasteiger partial charge in [-0.25, -0.2) is 9.37 Å². The molecular weight excluding hydrogens is 349 g/mol. The van der Waals surface area contributed by atoms with Crippen molar-refractivity contribution in [3.8, 4) is 6.07 Å². The Bertz CT molecular complexity index is 1040. The highest BCUT2D eigenvalue weighted by Crippen LogP contribution is 2.19. The second kappa shape index (κ2) is 7.53. The van der Waals surface area contributed by atoms with Crippen LogP contribution in [0.1, 0.15) is 21.7 Å². The number of nitrogens with one attached hydrogen (secondary N) is 2. The summed E-state index contributed by atoms with van der Waals surface area (Å²) in [5.74, 6) is -0.560. The molecule has 8 nitrogen and oxygen atoms in total. The Labute approximate surface area is 154 Å². The number of carbonyl (C=O) groups is 1. The average Bonchev–Trinajstić information content (AvgIpc) is 3.04. The topological polar surface area (TPSA) is 122 Å². The number of nitrogens with two attached hydrogens (primary N) is 1. The van der Waals surface area contributed by atoms with Gasteiger partial charge in [0, 0.05) is 37.1 Å². The molecule has 3 rings (SSSR count). The highest BCUT2D eigenvalue weighted by molar-refractivity contribution is 6.03. The van der Waals surface area contributed by atoms with Gasteiger partial charge in [-0.1, -0.05) is 0 Å². The van der Waals surface area contributed by atoms with E-state index in [1.165, 1.54) is 28.9 Å². The molecule has 0 fully saturated rings. The van der Waals surface area contributed by atoms with E-state index < -0.39 is 11.7 Å². The molecule has 0 aliphatic rings. The van der Waals surface area contributed by atoms with Crippen LogP contribution in [0.15, 0.2) is 42.6 Å². The van der Waals surface area contributed by atoms with Gasteiger partial charge in [-0.15, -0.1) is 0 Å². The smallest absolute Gasteiger partial charge is 0.273 e. The number of halogens is 1. The second-order valence-electron chi connectivity index (χ2n) is 5.70. The van der Waals surface area contributed by atoms with Gasteiger partial charge >= 0.3 is 0 Å². The SMILES string of the molecule is Cn1nc(C#N)cc1C(=O)Nc1ccc(F)c(CNc2cccnc2N)c1. The normalized spacial score (nSPS) is 10.3. The number of aromatic nitrogens is 3. The first-order chi connectivity index (χ1) is 13.0. The van der Waals surface area contributed by atoms with E-state index in [1.807, 2.05) is 6.07 Å². The molecule has 136 valence electrons. The van der Waals surface area contributed by atoms with Gasteiger partial charge < -0.3 is 16.4 Å². The quantitative estimate of drug-likeness (QED) is 0.638. The van der Waals surface area contributed by atoms with Crippen molar-refractivity contribution in [3.63, 3.8) is 0 Å². The molecule has 27 heavy (non-hydrogen) atoms. The summed E-state index contributed by atoms with van der Waals surface area (Å²) in [5, 5.41) is 18.5. The molecule has 1 aromatic carbocycles. The Morgan fingerprint density at radius 2 is 2.19 bits per heavy atom. The van der Waals surface area contributed by atoms with Crippen LogP contribution < -0.4 is 16.4 Å². The number of hydrogen-bond acceptors (Lipinski definition) is 6. The van der Waals surface area contributed by atoms with Gasteiger partial charge in [-0.2, -0.15) is 10.4 Å². The molecule has 0 saturated carbocycles. The third-order valence-electron chi connectivity index (χ3n) is 3.84. The van der Waals surface area contributed by atoms with Gasteiger partial charge in [0.1, 0.15) is 23.4 Å². The minimum absolute atomic E-state index is 0.140. The van der Waals surface area contributed by atoms with Crippen molar-refractivity contribution in [2.45, 2.75) is 6.54 Å². The van der Waals surface area contributed by atoms with Gasteiger partial charge in [0.15, 0.2) is 5.69 Å². The van der Waals surface area contributed by atoms with Gasteiger partial charge in [-0.05, 0) is 30.3 Å². The Hall–Kier alpha value is -3.93. The number of pyridine rings is 1. The number of benzene rings is 1. The predicted molar refractivity (Wildman–Crippen MR) is 98.3 cm³/mol. The minimum Gasteiger partial charge on any atom is -0.382 e. The number of nitrogen functional groups attached to an aromatic ring is 1. The zero-order chi connectivity index (χ0) is 19.4. The van der Waals surface area contributed by atoms with E-state index in [9.17, 15) is 9.18 Å². The number of amides is 1. The van der Waals surface area contributed by atoms with Crippen molar-refractivity contribution in [1.29, 1.82) is 5.26 Å². The zero-order valence-electron chi connectivity index (χ0n) is 14.4. The van der Waals surface area contributed by atoms with Crippen LogP contribution in [0, 0.1) is 17.1 Å².